The lowest BCUT2D eigenvalue weighted by atomic mass is 10.1. The van der Waals surface area contributed by atoms with E-state index in [1.54, 1.807) is 0 Å². The van der Waals surface area contributed by atoms with E-state index in [2.05, 4.69) is 10.1 Å². The predicted molar refractivity (Wildman–Crippen MR) is 90.5 cm³/mol. The van der Waals surface area contributed by atoms with Crippen molar-refractivity contribution in [2.45, 2.75) is 19.3 Å². The molecule has 0 aliphatic carbocycles. The highest BCUT2D eigenvalue weighted by Crippen LogP contribution is 2.32. The van der Waals surface area contributed by atoms with Crippen molar-refractivity contribution in [3.63, 3.8) is 0 Å². The second-order valence-electron chi connectivity index (χ2n) is 6.33. The van der Waals surface area contributed by atoms with Gasteiger partial charge in [-0.3, -0.25) is 4.79 Å². The van der Waals surface area contributed by atoms with E-state index in [9.17, 15) is 13.6 Å². The molecule has 26 heavy (non-hydrogen) atoms. The minimum atomic E-state index is -0.988. The van der Waals surface area contributed by atoms with Gasteiger partial charge in [-0.15, -0.1) is 0 Å². The summed E-state index contributed by atoms with van der Waals surface area (Å²) in [5.74, 6) is -1.60. The smallest absolute Gasteiger partial charge is 0.232 e. The van der Waals surface area contributed by atoms with Crippen LogP contribution < -0.4 is 4.90 Å². The first-order valence-corrected chi connectivity index (χ1v) is 8.17. The highest BCUT2D eigenvalue weighted by atomic mass is 19.2. The Hall–Kier alpha value is -3.09. The van der Waals surface area contributed by atoms with E-state index in [0.717, 1.165) is 23.3 Å². The zero-order chi connectivity index (χ0) is 18.3. The molecular formula is C19H15F2N3O2. The quantitative estimate of drug-likeness (QED) is 0.716. The molecule has 2 aromatic carbocycles. The van der Waals surface area contributed by atoms with E-state index in [4.69, 9.17) is 4.52 Å². The van der Waals surface area contributed by atoms with Crippen LogP contribution in [0.3, 0.4) is 0 Å². The number of aromatic nitrogens is 2. The van der Waals surface area contributed by atoms with Gasteiger partial charge in [0.2, 0.25) is 17.6 Å². The monoisotopic (exact) mass is 355 g/mol. The molecule has 0 N–H and O–H groups in total. The lowest BCUT2D eigenvalue weighted by molar-refractivity contribution is -0.117. The number of hydrogen-bond donors (Lipinski definition) is 0. The van der Waals surface area contributed by atoms with E-state index in [1.807, 2.05) is 31.2 Å². The van der Waals surface area contributed by atoms with Gasteiger partial charge in [-0.1, -0.05) is 28.9 Å². The number of anilines is 1. The first-order chi connectivity index (χ1) is 12.5. The Balaban J connectivity index is 1.56. The van der Waals surface area contributed by atoms with Crippen molar-refractivity contribution in [3.05, 3.63) is 65.6 Å². The fraction of sp³-hybridized carbons (Fsp3) is 0.211. The summed E-state index contributed by atoms with van der Waals surface area (Å²) in [7, 11) is 0. The van der Waals surface area contributed by atoms with E-state index >= 15 is 0 Å². The lowest BCUT2D eigenvalue weighted by Gasteiger charge is -2.16. The van der Waals surface area contributed by atoms with Crippen molar-refractivity contribution in [3.8, 4) is 11.4 Å². The summed E-state index contributed by atoms with van der Waals surface area (Å²) in [6.45, 7) is 2.25. The average Bonchev–Trinajstić information content (AvgIpc) is 3.24. The summed E-state index contributed by atoms with van der Waals surface area (Å²) in [5, 5.41) is 4.00. The maximum absolute atomic E-state index is 13.4. The summed E-state index contributed by atoms with van der Waals surface area (Å²) in [6.07, 6.45) is 0.175. The molecule has 5 nitrogen and oxygen atoms in total. The summed E-state index contributed by atoms with van der Waals surface area (Å²) in [4.78, 5) is 18.1. The molecule has 1 fully saturated rings. The summed E-state index contributed by atoms with van der Waals surface area (Å²) in [5.41, 5.74) is 2.23. The van der Waals surface area contributed by atoms with Crippen molar-refractivity contribution in [1.82, 2.24) is 10.1 Å². The van der Waals surface area contributed by atoms with E-state index in [0.29, 0.717) is 17.4 Å². The average molecular weight is 355 g/mol. The van der Waals surface area contributed by atoms with Gasteiger partial charge >= 0.3 is 0 Å². The van der Waals surface area contributed by atoms with Crippen LogP contribution in [0, 0.1) is 18.6 Å². The number of hydrogen-bond acceptors (Lipinski definition) is 4. The number of carbonyl (C=O) groups is 1. The van der Waals surface area contributed by atoms with Gasteiger partial charge < -0.3 is 9.42 Å². The van der Waals surface area contributed by atoms with Crippen LogP contribution in [0.4, 0.5) is 14.5 Å². The third-order valence-electron chi connectivity index (χ3n) is 4.41. The first-order valence-electron chi connectivity index (χ1n) is 8.17. The molecule has 0 spiro atoms. The Morgan fingerprint density at radius 1 is 1.15 bits per heavy atom. The van der Waals surface area contributed by atoms with E-state index in [1.165, 1.54) is 11.0 Å². The predicted octanol–water partition coefficient (Wildman–Crippen LogP) is 3.84. The lowest BCUT2D eigenvalue weighted by Crippen LogP contribution is -2.24. The minimum Gasteiger partial charge on any atom is -0.339 e. The molecule has 3 aromatic rings. The molecule has 1 aromatic heterocycles. The standard InChI is InChI=1S/C19H15F2N3O2/c1-11-3-2-4-12(7-11)18-22-19(26-23-18)13-8-17(25)24(10-13)14-5-6-15(20)16(21)9-14/h2-7,9,13H,8,10H2,1H3. The van der Waals surface area contributed by atoms with Crippen molar-refractivity contribution in [1.29, 1.82) is 0 Å². The van der Waals surface area contributed by atoms with Crippen LogP contribution >= 0.6 is 0 Å². The van der Waals surface area contributed by atoms with Crippen molar-refractivity contribution >= 4 is 11.6 Å². The zero-order valence-corrected chi connectivity index (χ0v) is 13.9. The molecule has 2 heterocycles. The third-order valence-corrected chi connectivity index (χ3v) is 4.41. The minimum absolute atomic E-state index is 0.175. The van der Waals surface area contributed by atoms with Crippen molar-refractivity contribution in [2.75, 3.05) is 11.4 Å². The number of aryl methyl sites for hydroxylation is 1. The highest BCUT2D eigenvalue weighted by molar-refractivity contribution is 5.96. The molecule has 7 heteroatoms. The number of amides is 1. The molecule has 1 aliphatic heterocycles. The van der Waals surface area contributed by atoms with Gasteiger partial charge in [-0.25, -0.2) is 8.78 Å². The third kappa shape index (κ3) is 2.96. The fourth-order valence-corrected chi connectivity index (χ4v) is 3.08. The van der Waals surface area contributed by atoms with Crippen molar-refractivity contribution < 1.29 is 18.1 Å². The molecule has 0 bridgehead atoms. The van der Waals surface area contributed by atoms with Gasteiger partial charge in [0.25, 0.3) is 0 Å². The molecule has 1 saturated heterocycles. The maximum Gasteiger partial charge on any atom is 0.232 e. The van der Waals surface area contributed by atoms with Crippen LogP contribution in [0.2, 0.25) is 0 Å². The molecule has 1 aliphatic rings. The Bertz CT molecular complexity index is 986. The van der Waals surface area contributed by atoms with Crippen LogP contribution in [0.1, 0.15) is 23.8 Å². The first kappa shape index (κ1) is 16.4. The number of benzene rings is 2. The van der Waals surface area contributed by atoms with Gasteiger partial charge in [-0.05, 0) is 25.1 Å². The zero-order valence-electron chi connectivity index (χ0n) is 13.9. The summed E-state index contributed by atoms with van der Waals surface area (Å²) in [6, 6.07) is 11.1. The summed E-state index contributed by atoms with van der Waals surface area (Å²) >= 11 is 0. The van der Waals surface area contributed by atoms with Gasteiger partial charge in [-0.2, -0.15) is 4.98 Å². The largest absolute Gasteiger partial charge is 0.339 e. The van der Waals surface area contributed by atoms with Gasteiger partial charge in [0, 0.05) is 30.3 Å². The van der Waals surface area contributed by atoms with Crippen LogP contribution in [-0.2, 0) is 4.79 Å². The van der Waals surface area contributed by atoms with Crippen molar-refractivity contribution in [2.24, 2.45) is 0 Å². The Kier molecular flexibility index (Phi) is 3.99. The SMILES string of the molecule is Cc1cccc(-c2noc(C3CC(=O)N(c4ccc(F)c(F)c4)C3)n2)c1. The molecular weight excluding hydrogens is 340 g/mol. The normalized spacial score (nSPS) is 17.1. The second kappa shape index (κ2) is 6.33. The van der Waals surface area contributed by atoms with Crippen LogP contribution in [0.15, 0.2) is 47.0 Å². The van der Waals surface area contributed by atoms with Crippen LogP contribution in [0.25, 0.3) is 11.4 Å². The molecule has 0 saturated carbocycles. The molecule has 1 atom stereocenters. The van der Waals surface area contributed by atoms with E-state index in [-0.39, 0.29) is 24.8 Å². The number of nitrogens with zero attached hydrogens (tertiary/aromatic N) is 3. The fourth-order valence-electron chi connectivity index (χ4n) is 3.08. The maximum atomic E-state index is 13.4. The van der Waals surface area contributed by atoms with Crippen LogP contribution in [-0.4, -0.2) is 22.6 Å². The second-order valence-corrected chi connectivity index (χ2v) is 6.33. The molecule has 1 unspecified atom stereocenters. The summed E-state index contributed by atoms with van der Waals surface area (Å²) < 4.78 is 31.9. The molecule has 1 amide bonds. The van der Waals surface area contributed by atoms with Gasteiger partial charge in [0.05, 0.1) is 5.92 Å². The molecule has 4 rings (SSSR count). The Morgan fingerprint density at radius 2 is 2.00 bits per heavy atom. The molecule has 0 radical (unpaired) electrons. The topological polar surface area (TPSA) is 59.2 Å². The van der Waals surface area contributed by atoms with Crippen LogP contribution in [0.5, 0.6) is 0 Å². The number of halogens is 2. The Morgan fingerprint density at radius 3 is 2.77 bits per heavy atom. The van der Waals surface area contributed by atoms with Gasteiger partial charge in [0.1, 0.15) is 0 Å². The van der Waals surface area contributed by atoms with Gasteiger partial charge in [0.15, 0.2) is 11.6 Å². The molecule has 132 valence electrons. The number of carbonyl (C=O) groups excluding carboxylic acids is 1. The Labute approximate surface area is 148 Å². The van der Waals surface area contributed by atoms with E-state index < -0.39 is 11.6 Å². The highest BCUT2D eigenvalue weighted by Gasteiger charge is 2.35. The number of rotatable bonds is 3.